The van der Waals surface area contributed by atoms with E-state index in [1.807, 2.05) is 4.72 Å². The van der Waals surface area contributed by atoms with E-state index < -0.39 is 28.7 Å². The van der Waals surface area contributed by atoms with Crippen molar-refractivity contribution in [1.82, 2.24) is 4.72 Å². The van der Waals surface area contributed by atoms with Gasteiger partial charge in [-0.2, -0.15) is 13.2 Å². The quantitative estimate of drug-likeness (QED) is 0.865. The van der Waals surface area contributed by atoms with Crippen molar-refractivity contribution in [3.05, 3.63) is 27.7 Å². The van der Waals surface area contributed by atoms with E-state index in [1.165, 1.54) is 18.2 Å². The summed E-state index contributed by atoms with van der Waals surface area (Å²) >= 11 is 8.86. The van der Waals surface area contributed by atoms with Crippen molar-refractivity contribution < 1.29 is 21.6 Å². The van der Waals surface area contributed by atoms with E-state index >= 15 is 0 Å². The first kappa shape index (κ1) is 16.7. The second kappa shape index (κ2) is 5.99. The zero-order valence-corrected chi connectivity index (χ0v) is 12.8. The van der Waals surface area contributed by atoms with Crippen molar-refractivity contribution in [3.8, 4) is 0 Å². The third kappa shape index (κ3) is 5.29. The third-order valence-corrected chi connectivity index (χ3v) is 4.64. The van der Waals surface area contributed by atoms with Crippen molar-refractivity contribution in [2.45, 2.75) is 30.5 Å². The van der Waals surface area contributed by atoms with Crippen molar-refractivity contribution in [2.24, 2.45) is 0 Å². The summed E-state index contributed by atoms with van der Waals surface area (Å²) in [6, 6.07) is 2.73. The molecular weight excluding hydrogens is 371 g/mol. The van der Waals surface area contributed by atoms with Gasteiger partial charge in [0.05, 0.1) is 11.4 Å². The van der Waals surface area contributed by atoms with Crippen molar-refractivity contribution in [2.75, 3.05) is 0 Å². The molecule has 1 atom stereocenters. The number of benzene rings is 1. The average Bonchev–Trinajstić information content (AvgIpc) is 2.11. The van der Waals surface area contributed by atoms with Gasteiger partial charge in [0.1, 0.15) is 4.90 Å². The van der Waals surface area contributed by atoms with E-state index in [1.54, 1.807) is 0 Å². The largest absolute Gasteiger partial charge is 0.390 e. The highest BCUT2D eigenvalue weighted by atomic mass is 79.9. The summed E-state index contributed by atoms with van der Waals surface area (Å²) in [6.07, 6.45) is -5.69. The SMILES string of the molecule is CC(CC(F)(F)F)NS(=O)(=O)c1ccc(Br)cc1Cl. The minimum Gasteiger partial charge on any atom is -0.208 e. The first-order valence-electron chi connectivity index (χ1n) is 5.05. The van der Waals surface area contributed by atoms with Gasteiger partial charge in [-0.05, 0) is 25.1 Å². The Morgan fingerprint density at radius 1 is 1.42 bits per heavy atom. The summed E-state index contributed by atoms with van der Waals surface area (Å²) in [4.78, 5) is -0.258. The lowest BCUT2D eigenvalue weighted by Crippen LogP contribution is -2.36. The molecule has 0 amide bonds. The van der Waals surface area contributed by atoms with Gasteiger partial charge in [-0.15, -0.1) is 0 Å². The molecule has 1 rings (SSSR count). The predicted molar refractivity (Wildman–Crippen MR) is 69.6 cm³/mol. The molecule has 0 aliphatic carbocycles. The fourth-order valence-corrected chi connectivity index (χ4v) is 3.69. The van der Waals surface area contributed by atoms with Crippen LogP contribution in [0.1, 0.15) is 13.3 Å². The van der Waals surface area contributed by atoms with E-state index in [0.29, 0.717) is 4.47 Å². The van der Waals surface area contributed by atoms with Gasteiger partial charge in [0.25, 0.3) is 0 Å². The highest BCUT2D eigenvalue weighted by molar-refractivity contribution is 9.10. The molecule has 108 valence electrons. The van der Waals surface area contributed by atoms with E-state index in [2.05, 4.69) is 15.9 Å². The predicted octanol–water partition coefficient (Wildman–Crippen LogP) is 3.72. The first-order valence-corrected chi connectivity index (χ1v) is 7.71. The molecule has 0 saturated carbocycles. The van der Waals surface area contributed by atoms with Crippen LogP contribution in [0.3, 0.4) is 0 Å². The van der Waals surface area contributed by atoms with E-state index in [4.69, 9.17) is 11.6 Å². The summed E-state index contributed by atoms with van der Waals surface area (Å²) in [5.41, 5.74) is 0. The summed E-state index contributed by atoms with van der Waals surface area (Å²) in [5, 5.41) is -0.0684. The number of nitrogens with one attached hydrogen (secondary N) is 1. The molecule has 1 N–H and O–H groups in total. The second-order valence-corrected chi connectivity index (χ2v) is 6.92. The fraction of sp³-hybridized carbons (Fsp3) is 0.400. The maximum Gasteiger partial charge on any atom is 0.390 e. The Kier molecular flexibility index (Phi) is 5.28. The normalized spacial score (nSPS) is 14.4. The van der Waals surface area contributed by atoms with Gasteiger partial charge in [0, 0.05) is 10.5 Å². The lowest BCUT2D eigenvalue weighted by atomic mass is 10.2. The van der Waals surface area contributed by atoms with Crippen molar-refractivity contribution >= 4 is 37.6 Å². The van der Waals surface area contributed by atoms with Gasteiger partial charge in [-0.3, -0.25) is 0 Å². The topological polar surface area (TPSA) is 46.2 Å². The number of hydrogen-bond donors (Lipinski definition) is 1. The van der Waals surface area contributed by atoms with Crippen LogP contribution in [0, 0.1) is 0 Å². The first-order chi connectivity index (χ1) is 8.51. The molecule has 9 heteroatoms. The molecule has 0 bridgehead atoms. The van der Waals surface area contributed by atoms with Crippen LogP contribution in [-0.2, 0) is 10.0 Å². The molecular formula is C10H10BrClF3NO2S. The van der Waals surface area contributed by atoms with Gasteiger partial charge in [-0.1, -0.05) is 27.5 Å². The van der Waals surface area contributed by atoms with Gasteiger partial charge >= 0.3 is 6.18 Å². The number of alkyl halides is 3. The zero-order chi connectivity index (χ0) is 14.8. The maximum atomic E-state index is 12.1. The molecule has 0 spiro atoms. The number of halogens is 5. The highest BCUT2D eigenvalue weighted by Crippen LogP contribution is 2.26. The lowest BCUT2D eigenvalue weighted by molar-refractivity contribution is -0.137. The van der Waals surface area contributed by atoms with Crippen LogP contribution in [-0.4, -0.2) is 20.6 Å². The third-order valence-electron chi connectivity index (χ3n) is 2.08. The summed E-state index contributed by atoms with van der Waals surface area (Å²) in [7, 11) is -4.08. The maximum absolute atomic E-state index is 12.1. The zero-order valence-electron chi connectivity index (χ0n) is 9.63. The van der Waals surface area contributed by atoms with Gasteiger partial charge in [-0.25, -0.2) is 13.1 Å². The fourth-order valence-electron chi connectivity index (χ4n) is 1.41. The molecule has 19 heavy (non-hydrogen) atoms. The van der Waals surface area contributed by atoms with Crippen LogP contribution >= 0.6 is 27.5 Å². The van der Waals surface area contributed by atoms with Crippen LogP contribution in [0.2, 0.25) is 5.02 Å². The minimum absolute atomic E-state index is 0.0684. The van der Waals surface area contributed by atoms with E-state index in [-0.39, 0.29) is 9.92 Å². The highest BCUT2D eigenvalue weighted by Gasteiger charge is 2.32. The van der Waals surface area contributed by atoms with E-state index in [9.17, 15) is 21.6 Å². The summed E-state index contributed by atoms with van der Waals surface area (Å²) in [6.45, 7) is 1.14. The monoisotopic (exact) mass is 379 g/mol. The molecule has 0 fully saturated rings. The Hall–Kier alpha value is -0.310. The Labute approximate surface area is 122 Å². The Morgan fingerprint density at radius 2 is 2.00 bits per heavy atom. The van der Waals surface area contributed by atoms with Gasteiger partial charge in [0.2, 0.25) is 10.0 Å². The molecule has 0 aromatic heterocycles. The van der Waals surface area contributed by atoms with Crippen molar-refractivity contribution in [3.63, 3.8) is 0 Å². The molecule has 3 nitrogen and oxygen atoms in total. The molecule has 1 aromatic rings. The van der Waals surface area contributed by atoms with Crippen LogP contribution in [0.25, 0.3) is 0 Å². The number of sulfonamides is 1. The second-order valence-electron chi connectivity index (χ2n) is 3.92. The molecule has 1 aromatic carbocycles. The smallest absolute Gasteiger partial charge is 0.208 e. The Bertz CT molecular complexity index is 562. The van der Waals surface area contributed by atoms with E-state index in [0.717, 1.165) is 6.92 Å². The average molecular weight is 381 g/mol. The Balaban J connectivity index is 2.93. The summed E-state index contributed by atoms with van der Waals surface area (Å²) < 4.78 is 62.7. The molecule has 0 radical (unpaired) electrons. The number of hydrogen-bond acceptors (Lipinski definition) is 2. The molecule has 0 aliphatic heterocycles. The molecule has 0 heterocycles. The molecule has 0 aliphatic rings. The van der Waals surface area contributed by atoms with Gasteiger partial charge < -0.3 is 0 Å². The van der Waals surface area contributed by atoms with Crippen LogP contribution in [0.4, 0.5) is 13.2 Å². The lowest BCUT2D eigenvalue weighted by Gasteiger charge is -2.16. The molecule has 1 unspecified atom stereocenters. The minimum atomic E-state index is -4.44. The van der Waals surface area contributed by atoms with Crippen LogP contribution in [0.5, 0.6) is 0 Å². The summed E-state index contributed by atoms with van der Waals surface area (Å²) in [5.74, 6) is 0. The van der Waals surface area contributed by atoms with Crippen LogP contribution in [0.15, 0.2) is 27.6 Å². The molecule has 0 saturated heterocycles. The van der Waals surface area contributed by atoms with Crippen molar-refractivity contribution in [1.29, 1.82) is 0 Å². The van der Waals surface area contributed by atoms with Gasteiger partial charge in [0.15, 0.2) is 0 Å². The standard InChI is InChI=1S/C10H10BrClF3NO2S/c1-6(5-10(13,14)15)16-19(17,18)9-3-2-7(11)4-8(9)12/h2-4,6,16H,5H2,1H3. The van der Waals surface area contributed by atoms with Crippen LogP contribution < -0.4 is 4.72 Å². The number of rotatable bonds is 4. The Morgan fingerprint density at radius 3 is 2.47 bits per heavy atom.